The van der Waals surface area contributed by atoms with Crippen LogP contribution in [0.5, 0.6) is 5.75 Å². The van der Waals surface area contributed by atoms with E-state index in [4.69, 9.17) is 0 Å². The number of likely N-dealkylation sites (N-methyl/N-ethyl adjacent to an activating group) is 1. The van der Waals surface area contributed by atoms with Crippen molar-refractivity contribution in [2.24, 2.45) is 0 Å². The maximum Gasteiger partial charge on any atom is 0.573 e. The fourth-order valence-corrected chi connectivity index (χ4v) is 2.89. The van der Waals surface area contributed by atoms with Crippen molar-refractivity contribution in [3.8, 4) is 5.75 Å². The Morgan fingerprint density at radius 1 is 1.35 bits per heavy atom. The number of alkyl halides is 3. The molecule has 0 saturated carbocycles. The second-order valence-electron chi connectivity index (χ2n) is 5.01. The number of carbonyl (C=O) groups is 2. The lowest BCUT2D eigenvalue weighted by Crippen LogP contribution is -2.38. The summed E-state index contributed by atoms with van der Waals surface area (Å²) in [5, 5.41) is 0. The monoisotopic (exact) mass is 348 g/mol. The van der Waals surface area contributed by atoms with E-state index in [0.29, 0.717) is 17.2 Å². The number of benzene rings is 1. The van der Waals surface area contributed by atoms with E-state index in [1.165, 1.54) is 45.8 Å². The Hall–Kier alpha value is -1.90. The molecule has 126 valence electrons. The van der Waals surface area contributed by atoms with Gasteiger partial charge in [-0.1, -0.05) is 12.1 Å². The molecule has 0 aliphatic carbocycles. The molecule has 1 saturated heterocycles. The zero-order chi connectivity index (χ0) is 17.0. The van der Waals surface area contributed by atoms with Crippen LogP contribution in [0.2, 0.25) is 0 Å². The van der Waals surface area contributed by atoms with E-state index in [9.17, 15) is 22.8 Å². The van der Waals surface area contributed by atoms with E-state index < -0.39 is 6.36 Å². The van der Waals surface area contributed by atoms with Crippen molar-refractivity contribution < 1.29 is 27.5 Å². The summed E-state index contributed by atoms with van der Waals surface area (Å²) < 4.78 is 40.0. The number of hydrogen-bond acceptors (Lipinski definition) is 4. The fraction of sp³-hybridized carbons (Fsp3) is 0.429. The summed E-state index contributed by atoms with van der Waals surface area (Å²) in [5.74, 6) is 0.288. The molecule has 0 N–H and O–H groups in total. The van der Waals surface area contributed by atoms with E-state index in [2.05, 4.69) is 4.74 Å². The molecule has 23 heavy (non-hydrogen) atoms. The highest BCUT2D eigenvalue weighted by molar-refractivity contribution is 8.00. The summed E-state index contributed by atoms with van der Waals surface area (Å²) in [6.45, 7) is 0.248. The summed E-state index contributed by atoms with van der Waals surface area (Å²) in [6.07, 6.45) is -4.73. The Morgan fingerprint density at radius 2 is 2.00 bits per heavy atom. The maximum absolute atomic E-state index is 12.1. The molecule has 0 spiro atoms. The van der Waals surface area contributed by atoms with Gasteiger partial charge in [0.05, 0.1) is 11.6 Å². The van der Waals surface area contributed by atoms with Gasteiger partial charge in [-0.3, -0.25) is 9.59 Å². The third kappa shape index (κ3) is 5.34. The van der Waals surface area contributed by atoms with Crippen molar-refractivity contribution in [1.29, 1.82) is 0 Å². The summed E-state index contributed by atoms with van der Waals surface area (Å²) in [7, 11) is 1.58. The van der Waals surface area contributed by atoms with Crippen LogP contribution in [0.15, 0.2) is 24.3 Å². The fourth-order valence-electron chi connectivity index (χ4n) is 1.98. The van der Waals surface area contributed by atoms with Crippen molar-refractivity contribution >= 4 is 23.6 Å². The lowest BCUT2D eigenvalue weighted by molar-refractivity contribution is -0.274. The van der Waals surface area contributed by atoms with Gasteiger partial charge in [-0.25, -0.2) is 0 Å². The normalized spacial score (nSPS) is 15.0. The number of thioether (sulfide) groups is 1. The van der Waals surface area contributed by atoms with E-state index in [-0.39, 0.29) is 30.7 Å². The molecular formula is C14H15F3N2O3S. The SMILES string of the molecule is CN(Cc1ccc(OC(F)(F)F)cc1)C(=O)CN1CSCC1=O. The lowest BCUT2D eigenvalue weighted by atomic mass is 10.2. The number of amides is 2. The Labute approximate surface area is 135 Å². The molecule has 9 heteroatoms. The van der Waals surface area contributed by atoms with Gasteiger partial charge in [0.25, 0.3) is 0 Å². The minimum atomic E-state index is -4.73. The predicted molar refractivity (Wildman–Crippen MR) is 78.6 cm³/mol. The van der Waals surface area contributed by atoms with Crippen LogP contribution < -0.4 is 4.74 Å². The Balaban J connectivity index is 1.88. The average Bonchev–Trinajstić information content (AvgIpc) is 2.85. The standard InChI is InChI=1S/C14H15F3N2O3S/c1-18(12(20)7-19-9-23-8-13(19)21)6-10-2-4-11(5-3-10)22-14(15,16)17/h2-5H,6-9H2,1H3. The molecule has 0 bridgehead atoms. The number of halogens is 3. The first-order valence-corrected chi connectivity index (χ1v) is 7.84. The third-order valence-electron chi connectivity index (χ3n) is 3.15. The van der Waals surface area contributed by atoms with Crippen molar-refractivity contribution in [2.45, 2.75) is 12.9 Å². The summed E-state index contributed by atoms with van der Waals surface area (Å²) in [4.78, 5) is 26.4. The number of ether oxygens (including phenoxy) is 1. The third-order valence-corrected chi connectivity index (χ3v) is 4.10. The van der Waals surface area contributed by atoms with Crippen LogP contribution in [0, 0.1) is 0 Å². The van der Waals surface area contributed by atoms with Gasteiger partial charge < -0.3 is 14.5 Å². The molecule has 0 atom stereocenters. The molecular weight excluding hydrogens is 333 g/mol. The number of rotatable bonds is 5. The van der Waals surface area contributed by atoms with Gasteiger partial charge in [-0.15, -0.1) is 24.9 Å². The van der Waals surface area contributed by atoms with Crippen LogP contribution in [0.1, 0.15) is 5.56 Å². The second kappa shape index (κ2) is 7.12. The Kier molecular flexibility index (Phi) is 5.40. The number of hydrogen-bond donors (Lipinski definition) is 0. The largest absolute Gasteiger partial charge is 0.573 e. The summed E-state index contributed by atoms with van der Waals surface area (Å²) in [6, 6.07) is 5.31. The Bertz CT molecular complexity index is 578. The van der Waals surface area contributed by atoms with E-state index in [0.717, 1.165) is 0 Å². The molecule has 0 unspecified atom stereocenters. The van der Waals surface area contributed by atoms with E-state index in [1.807, 2.05) is 0 Å². The molecule has 0 aromatic heterocycles. The smallest absolute Gasteiger partial charge is 0.406 e. The molecule has 2 amide bonds. The molecule has 1 aromatic rings. The highest BCUT2D eigenvalue weighted by Crippen LogP contribution is 2.23. The van der Waals surface area contributed by atoms with E-state index >= 15 is 0 Å². The van der Waals surface area contributed by atoms with Crippen molar-refractivity contribution in [2.75, 3.05) is 25.2 Å². The average molecular weight is 348 g/mol. The van der Waals surface area contributed by atoms with Crippen LogP contribution in [-0.4, -0.2) is 53.2 Å². The zero-order valence-electron chi connectivity index (χ0n) is 12.3. The van der Waals surface area contributed by atoms with Gasteiger partial charge in [-0.05, 0) is 17.7 Å². The topological polar surface area (TPSA) is 49.9 Å². The van der Waals surface area contributed by atoms with E-state index in [1.54, 1.807) is 7.05 Å². The predicted octanol–water partition coefficient (Wildman–Crippen LogP) is 2.08. The van der Waals surface area contributed by atoms with Crippen LogP contribution in [-0.2, 0) is 16.1 Å². The molecule has 1 heterocycles. The molecule has 1 fully saturated rings. The van der Waals surface area contributed by atoms with Crippen LogP contribution in [0.3, 0.4) is 0 Å². The van der Waals surface area contributed by atoms with Crippen molar-refractivity contribution in [1.82, 2.24) is 9.80 Å². The van der Waals surface area contributed by atoms with Crippen LogP contribution in [0.25, 0.3) is 0 Å². The lowest BCUT2D eigenvalue weighted by Gasteiger charge is -2.21. The summed E-state index contributed by atoms with van der Waals surface area (Å²) >= 11 is 1.45. The van der Waals surface area contributed by atoms with Gasteiger partial charge in [0.15, 0.2) is 0 Å². The Morgan fingerprint density at radius 3 is 2.52 bits per heavy atom. The molecule has 2 rings (SSSR count). The minimum absolute atomic E-state index is 0.0115. The van der Waals surface area contributed by atoms with Crippen molar-refractivity contribution in [3.63, 3.8) is 0 Å². The first kappa shape index (κ1) is 17.5. The summed E-state index contributed by atoms with van der Waals surface area (Å²) in [5.41, 5.74) is 0.664. The molecule has 1 aromatic carbocycles. The van der Waals surface area contributed by atoms with Gasteiger partial charge in [0, 0.05) is 13.6 Å². The van der Waals surface area contributed by atoms with Crippen molar-refractivity contribution in [3.05, 3.63) is 29.8 Å². The van der Waals surface area contributed by atoms with Crippen LogP contribution >= 0.6 is 11.8 Å². The molecule has 1 aliphatic rings. The zero-order valence-corrected chi connectivity index (χ0v) is 13.1. The molecule has 0 radical (unpaired) electrons. The van der Waals surface area contributed by atoms with Gasteiger partial charge in [0.1, 0.15) is 12.3 Å². The quantitative estimate of drug-likeness (QED) is 0.818. The molecule has 1 aliphatic heterocycles. The number of nitrogens with zero attached hydrogens (tertiary/aromatic N) is 2. The first-order chi connectivity index (χ1) is 10.7. The van der Waals surface area contributed by atoms with Gasteiger partial charge in [0.2, 0.25) is 11.8 Å². The molecule has 5 nitrogen and oxygen atoms in total. The van der Waals surface area contributed by atoms with Gasteiger partial charge >= 0.3 is 6.36 Å². The number of carbonyl (C=O) groups excluding carboxylic acids is 2. The van der Waals surface area contributed by atoms with Crippen LogP contribution in [0.4, 0.5) is 13.2 Å². The maximum atomic E-state index is 12.1. The minimum Gasteiger partial charge on any atom is -0.406 e. The second-order valence-corrected chi connectivity index (χ2v) is 5.97. The highest BCUT2D eigenvalue weighted by atomic mass is 32.2. The first-order valence-electron chi connectivity index (χ1n) is 6.69. The van der Waals surface area contributed by atoms with Gasteiger partial charge in [-0.2, -0.15) is 0 Å². The highest BCUT2D eigenvalue weighted by Gasteiger charge is 2.31.